The number of hydrogen-bond acceptors (Lipinski definition) is 1. The van der Waals surface area contributed by atoms with E-state index in [0.717, 1.165) is 12.0 Å². The van der Waals surface area contributed by atoms with E-state index in [-0.39, 0.29) is 0 Å². The zero-order valence-corrected chi connectivity index (χ0v) is 13.0. The molecule has 1 N–H and O–H groups in total. The van der Waals surface area contributed by atoms with Gasteiger partial charge >= 0.3 is 0 Å². The molecule has 0 spiro atoms. The zero-order valence-electron chi connectivity index (χ0n) is 11.5. The molecule has 1 unspecified atom stereocenters. The summed E-state index contributed by atoms with van der Waals surface area (Å²) >= 11 is 3.66. The Kier molecular flexibility index (Phi) is 5.25. The third-order valence-corrected chi connectivity index (χ3v) is 4.72. The molecule has 0 saturated heterocycles. The summed E-state index contributed by atoms with van der Waals surface area (Å²) in [6.45, 7) is 4.58. The quantitative estimate of drug-likeness (QED) is 0.791. The highest BCUT2D eigenvalue weighted by atomic mass is 79.9. The van der Waals surface area contributed by atoms with E-state index in [9.17, 15) is 0 Å². The highest BCUT2D eigenvalue weighted by molar-refractivity contribution is 9.10. The van der Waals surface area contributed by atoms with Gasteiger partial charge in [-0.1, -0.05) is 53.9 Å². The van der Waals surface area contributed by atoms with Gasteiger partial charge in [0.2, 0.25) is 0 Å². The Morgan fingerprint density at radius 2 is 2.06 bits per heavy atom. The predicted octanol–water partition coefficient (Wildman–Crippen LogP) is 4.86. The van der Waals surface area contributed by atoms with Crippen LogP contribution in [0.3, 0.4) is 0 Å². The van der Waals surface area contributed by atoms with E-state index in [2.05, 4.69) is 59.4 Å². The first-order valence-corrected chi connectivity index (χ1v) is 8.00. The lowest BCUT2D eigenvalue weighted by atomic mass is 9.75. The van der Waals surface area contributed by atoms with E-state index in [0.29, 0.717) is 6.04 Å². The molecule has 1 aliphatic carbocycles. The lowest BCUT2D eigenvalue weighted by Crippen LogP contribution is -2.44. The van der Waals surface area contributed by atoms with E-state index in [1.165, 1.54) is 42.1 Å². The highest BCUT2D eigenvalue weighted by Crippen LogP contribution is 2.40. The fraction of sp³-hybridized carbons (Fsp3) is 0.625. The van der Waals surface area contributed by atoms with Gasteiger partial charge in [-0.25, -0.2) is 0 Å². The number of hydrogen-bond donors (Lipinski definition) is 1. The normalized spacial score (nSPS) is 24.6. The van der Waals surface area contributed by atoms with Crippen molar-refractivity contribution in [3.8, 4) is 0 Å². The first-order valence-electron chi connectivity index (χ1n) is 7.21. The molecule has 18 heavy (non-hydrogen) atoms. The Labute approximate surface area is 119 Å². The molecular formula is C16H24BrN. The van der Waals surface area contributed by atoms with Crippen LogP contribution in [0.2, 0.25) is 0 Å². The van der Waals surface area contributed by atoms with Gasteiger partial charge in [-0.05, 0) is 43.7 Å². The fourth-order valence-corrected chi connectivity index (χ4v) is 3.42. The number of benzene rings is 1. The first-order chi connectivity index (χ1) is 8.70. The van der Waals surface area contributed by atoms with Crippen LogP contribution in [0.1, 0.15) is 57.4 Å². The van der Waals surface area contributed by atoms with E-state index < -0.39 is 0 Å². The van der Waals surface area contributed by atoms with Crippen LogP contribution in [-0.2, 0) is 0 Å². The number of nitrogens with one attached hydrogen (secondary N) is 1. The maximum absolute atomic E-state index is 3.76. The predicted molar refractivity (Wildman–Crippen MR) is 82.0 cm³/mol. The van der Waals surface area contributed by atoms with Crippen molar-refractivity contribution in [1.29, 1.82) is 0 Å². The zero-order chi connectivity index (χ0) is 13.0. The minimum absolute atomic E-state index is 0.676. The SMILES string of the molecule is CCCCC(C)NC1CC(c2ccccc2Br)C1. The van der Waals surface area contributed by atoms with Crippen molar-refractivity contribution in [1.82, 2.24) is 5.32 Å². The minimum Gasteiger partial charge on any atom is -0.311 e. The Hall–Kier alpha value is -0.340. The van der Waals surface area contributed by atoms with E-state index in [4.69, 9.17) is 0 Å². The third kappa shape index (κ3) is 3.58. The van der Waals surface area contributed by atoms with Crippen molar-refractivity contribution < 1.29 is 0 Å². The number of unbranched alkanes of at least 4 members (excludes halogenated alkanes) is 1. The van der Waals surface area contributed by atoms with Crippen LogP contribution in [0, 0.1) is 0 Å². The van der Waals surface area contributed by atoms with Crippen molar-refractivity contribution in [2.75, 3.05) is 0 Å². The summed E-state index contributed by atoms with van der Waals surface area (Å²) in [5.74, 6) is 0.747. The average Bonchev–Trinajstić information content (AvgIpc) is 2.32. The summed E-state index contributed by atoms with van der Waals surface area (Å²) in [6, 6.07) is 10.1. The fourth-order valence-electron chi connectivity index (χ4n) is 2.81. The van der Waals surface area contributed by atoms with Crippen molar-refractivity contribution in [3.63, 3.8) is 0 Å². The monoisotopic (exact) mass is 309 g/mol. The van der Waals surface area contributed by atoms with Crippen LogP contribution in [0.25, 0.3) is 0 Å². The van der Waals surface area contributed by atoms with Crippen LogP contribution in [0.4, 0.5) is 0 Å². The number of rotatable bonds is 6. The Balaban J connectivity index is 1.75. The van der Waals surface area contributed by atoms with E-state index in [1.54, 1.807) is 0 Å². The van der Waals surface area contributed by atoms with E-state index >= 15 is 0 Å². The average molecular weight is 310 g/mol. The second-order valence-corrected chi connectivity index (χ2v) is 6.45. The van der Waals surface area contributed by atoms with Crippen molar-refractivity contribution in [2.45, 2.75) is 64.0 Å². The molecule has 100 valence electrons. The molecule has 0 bridgehead atoms. The molecule has 0 aromatic heterocycles. The van der Waals surface area contributed by atoms with Gasteiger partial charge in [-0.2, -0.15) is 0 Å². The molecule has 2 heteroatoms. The number of halogens is 1. The van der Waals surface area contributed by atoms with Crippen LogP contribution >= 0.6 is 15.9 Å². The van der Waals surface area contributed by atoms with Crippen molar-refractivity contribution in [2.24, 2.45) is 0 Å². The Morgan fingerprint density at radius 3 is 2.72 bits per heavy atom. The maximum atomic E-state index is 3.76. The maximum Gasteiger partial charge on any atom is 0.0210 e. The van der Waals surface area contributed by atoms with Gasteiger partial charge in [0.25, 0.3) is 0 Å². The topological polar surface area (TPSA) is 12.0 Å². The van der Waals surface area contributed by atoms with Crippen LogP contribution in [0.5, 0.6) is 0 Å². The molecule has 1 aliphatic rings. The third-order valence-electron chi connectivity index (χ3n) is 3.99. The van der Waals surface area contributed by atoms with Gasteiger partial charge in [-0.15, -0.1) is 0 Å². The molecule has 1 atom stereocenters. The Morgan fingerprint density at radius 1 is 1.33 bits per heavy atom. The van der Waals surface area contributed by atoms with Gasteiger partial charge < -0.3 is 5.32 Å². The van der Waals surface area contributed by atoms with E-state index in [1.807, 2.05) is 0 Å². The van der Waals surface area contributed by atoms with Crippen molar-refractivity contribution in [3.05, 3.63) is 34.3 Å². The summed E-state index contributed by atoms with van der Waals surface area (Å²) in [5, 5.41) is 3.76. The Bertz CT molecular complexity index is 371. The smallest absolute Gasteiger partial charge is 0.0210 e. The van der Waals surface area contributed by atoms with Crippen LogP contribution in [-0.4, -0.2) is 12.1 Å². The van der Waals surface area contributed by atoms with Gasteiger partial charge in [0.1, 0.15) is 0 Å². The molecule has 0 heterocycles. The molecule has 1 aromatic carbocycles. The molecule has 1 nitrogen and oxygen atoms in total. The van der Waals surface area contributed by atoms with Gasteiger partial charge in [0.05, 0.1) is 0 Å². The standard InChI is InChI=1S/C16H24BrN/c1-3-4-7-12(2)18-14-10-13(11-14)15-8-5-6-9-16(15)17/h5-6,8-9,12-14,18H,3-4,7,10-11H2,1-2H3. The largest absolute Gasteiger partial charge is 0.311 e. The molecule has 1 saturated carbocycles. The van der Waals surface area contributed by atoms with Crippen molar-refractivity contribution >= 4 is 15.9 Å². The molecule has 1 aromatic rings. The summed E-state index contributed by atoms with van der Waals surface area (Å²) in [5.41, 5.74) is 1.48. The molecule has 0 aliphatic heterocycles. The lowest BCUT2D eigenvalue weighted by molar-refractivity contribution is 0.263. The van der Waals surface area contributed by atoms with Gasteiger partial charge in [0, 0.05) is 16.6 Å². The second kappa shape index (κ2) is 6.72. The summed E-state index contributed by atoms with van der Waals surface area (Å²) in [7, 11) is 0. The lowest BCUT2D eigenvalue weighted by Gasteiger charge is -2.38. The van der Waals surface area contributed by atoms with Crippen LogP contribution in [0.15, 0.2) is 28.7 Å². The van der Waals surface area contributed by atoms with Crippen LogP contribution < -0.4 is 5.32 Å². The van der Waals surface area contributed by atoms with Gasteiger partial charge in [-0.3, -0.25) is 0 Å². The van der Waals surface area contributed by atoms with Gasteiger partial charge in [0.15, 0.2) is 0 Å². The summed E-state index contributed by atoms with van der Waals surface area (Å²) in [6.07, 6.45) is 6.54. The molecular weight excluding hydrogens is 286 g/mol. The molecule has 0 amide bonds. The molecule has 0 radical (unpaired) electrons. The molecule has 1 fully saturated rings. The highest BCUT2D eigenvalue weighted by Gasteiger charge is 2.31. The minimum atomic E-state index is 0.676. The second-order valence-electron chi connectivity index (χ2n) is 5.60. The molecule has 2 rings (SSSR count). The summed E-state index contributed by atoms with van der Waals surface area (Å²) < 4.78 is 1.27. The summed E-state index contributed by atoms with van der Waals surface area (Å²) in [4.78, 5) is 0. The first kappa shape index (κ1) is 14.1.